The molecule has 1 aliphatic rings. The van der Waals surface area contributed by atoms with Crippen LogP contribution in [0.5, 0.6) is 0 Å². The molecule has 1 aromatic rings. The van der Waals surface area contributed by atoms with Gasteiger partial charge in [0.25, 0.3) is 0 Å². The second-order valence-corrected chi connectivity index (χ2v) is 7.11. The first kappa shape index (κ1) is 10.9. The van der Waals surface area contributed by atoms with Crippen LogP contribution in [0.15, 0.2) is 23.6 Å². The lowest BCUT2D eigenvalue weighted by Crippen LogP contribution is -2.03. The van der Waals surface area contributed by atoms with Gasteiger partial charge in [0, 0.05) is 4.88 Å². The summed E-state index contributed by atoms with van der Waals surface area (Å²) in [5.74, 6) is 2.53. The minimum absolute atomic E-state index is 0.554. The predicted octanol–water partition coefficient (Wildman–Crippen LogP) is 4.52. The third-order valence-corrected chi connectivity index (χ3v) is 6.03. The van der Waals surface area contributed by atoms with Crippen molar-refractivity contribution < 1.29 is 0 Å². The van der Waals surface area contributed by atoms with Crippen LogP contribution in [0.2, 0.25) is 0 Å². The molecular formula is C10H11ClS3. The summed E-state index contributed by atoms with van der Waals surface area (Å²) >= 11 is 11.9. The molecular weight excluding hydrogens is 252 g/mol. The summed E-state index contributed by atoms with van der Waals surface area (Å²) < 4.78 is 0.554. The molecule has 0 saturated carbocycles. The van der Waals surface area contributed by atoms with E-state index in [1.807, 2.05) is 29.6 Å². The van der Waals surface area contributed by atoms with Crippen LogP contribution in [0.1, 0.15) is 11.3 Å². The highest BCUT2D eigenvalue weighted by molar-refractivity contribution is 8.17. The second kappa shape index (κ2) is 5.50. The summed E-state index contributed by atoms with van der Waals surface area (Å²) in [6.07, 6.45) is 3.51. The van der Waals surface area contributed by atoms with Gasteiger partial charge in [0.05, 0.1) is 9.61 Å². The minimum atomic E-state index is 0.554. The lowest BCUT2D eigenvalue weighted by Gasteiger charge is -2.17. The molecule has 0 spiro atoms. The van der Waals surface area contributed by atoms with E-state index in [9.17, 15) is 0 Å². The van der Waals surface area contributed by atoms with Gasteiger partial charge in [0.2, 0.25) is 0 Å². The average Bonchev–Trinajstić information content (AvgIpc) is 2.72. The van der Waals surface area contributed by atoms with Gasteiger partial charge in [-0.3, -0.25) is 0 Å². The van der Waals surface area contributed by atoms with Crippen LogP contribution in [0.4, 0.5) is 0 Å². The summed E-state index contributed by atoms with van der Waals surface area (Å²) in [6.45, 7) is 0. The van der Waals surface area contributed by atoms with Crippen molar-refractivity contribution >= 4 is 51.5 Å². The zero-order chi connectivity index (χ0) is 9.80. The summed E-state index contributed by atoms with van der Waals surface area (Å²) in [4.78, 5) is 1.18. The van der Waals surface area contributed by atoms with Gasteiger partial charge in [-0.2, -0.15) is 0 Å². The molecule has 2 heterocycles. The van der Waals surface area contributed by atoms with Gasteiger partial charge >= 0.3 is 0 Å². The molecule has 76 valence electrons. The first-order valence-corrected chi connectivity index (χ1v) is 7.86. The second-order valence-electron chi connectivity index (χ2n) is 2.96. The van der Waals surface area contributed by atoms with E-state index < -0.39 is 0 Å². The van der Waals surface area contributed by atoms with Gasteiger partial charge in [-0.1, -0.05) is 17.7 Å². The van der Waals surface area contributed by atoms with E-state index in [4.69, 9.17) is 11.6 Å². The van der Waals surface area contributed by atoms with Crippen LogP contribution in [0, 0.1) is 0 Å². The smallest absolute Gasteiger partial charge is 0.0699 e. The van der Waals surface area contributed by atoms with Gasteiger partial charge in [-0.25, -0.2) is 0 Å². The SMILES string of the molecule is ClC(=CC1SCCCS1)c1cccs1. The van der Waals surface area contributed by atoms with E-state index in [0.29, 0.717) is 4.58 Å². The molecule has 0 N–H and O–H groups in total. The van der Waals surface area contributed by atoms with Crippen molar-refractivity contribution in [3.05, 3.63) is 28.5 Å². The minimum Gasteiger partial charge on any atom is -0.143 e. The number of hydrogen-bond donors (Lipinski definition) is 0. The predicted molar refractivity (Wildman–Crippen MR) is 71.5 cm³/mol. The largest absolute Gasteiger partial charge is 0.143 e. The molecule has 0 aromatic carbocycles. The molecule has 0 atom stereocenters. The van der Waals surface area contributed by atoms with Gasteiger partial charge in [0.1, 0.15) is 0 Å². The van der Waals surface area contributed by atoms with Gasteiger partial charge in [0.15, 0.2) is 0 Å². The third kappa shape index (κ3) is 2.96. The average molecular weight is 263 g/mol. The first-order chi connectivity index (χ1) is 6.86. The number of rotatable bonds is 2. The van der Waals surface area contributed by atoms with E-state index >= 15 is 0 Å². The molecule has 0 unspecified atom stereocenters. The number of thiophene rings is 1. The molecule has 1 aliphatic heterocycles. The van der Waals surface area contributed by atoms with Crippen molar-refractivity contribution in [3.8, 4) is 0 Å². The highest BCUT2D eigenvalue weighted by Gasteiger charge is 2.13. The lowest BCUT2D eigenvalue weighted by atomic mass is 10.4. The van der Waals surface area contributed by atoms with Crippen molar-refractivity contribution in [3.63, 3.8) is 0 Å². The molecule has 0 nitrogen and oxygen atoms in total. The van der Waals surface area contributed by atoms with Crippen LogP contribution in [-0.2, 0) is 0 Å². The van der Waals surface area contributed by atoms with E-state index in [0.717, 1.165) is 5.03 Å². The lowest BCUT2D eigenvalue weighted by molar-refractivity contribution is 1.11. The van der Waals surface area contributed by atoms with Gasteiger partial charge < -0.3 is 0 Å². The molecule has 2 rings (SSSR count). The van der Waals surface area contributed by atoms with Gasteiger partial charge in [-0.05, 0) is 35.4 Å². The molecule has 4 heteroatoms. The van der Waals surface area contributed by atoms with Crippen molar-refractivity contribution in [2.24, 2.45) is 0 Å². The van der Waals surface area contributed by atoms with Gasteiger partial charge in [-0.15, -0.1) is 34.9 Å². The van der Waals surface area contributed by atoms with Crippen LogP contribution < -0.4 is 0 Å². The van der Waals surface area contributed by atoms with E-state index in [1.165, 1.54) is 22.8 Å². The molecule has 1 saturated heterocycles. The zero-order valence-corrected chi connectivity index (χ0v) is 10.8. The Bertz CT molecular complexity index is 299. The fourth-order valence-corrected chi connectivity index (χ4v) is 5.03. The fourth-order valence-electron chi connectivity index (χ4n) is 1.22. The van der Waals surface area contributed by atoms with E-state index in [1.54, 1.807) is 11.3 Å². The fraction of sp³-hybridized carbons (Fsp3) is 0.400. The third-order valence-electron chi connectivity index (χ3n) is 1.89. The summed E-state index contributed by atoms with van der Waals surface area (Å²) in [5, 5.41) is 2.97. The monoisotopic (exact) mass is 262 g/mol. The number of halogens is 1. The molecule has 0 bridgehead atoms. The first-order valence-electron chi connectivity index (χ1n) is 4.50. The Labute approximate surface area is 102 Å². The van der Waals surface area contributed by atoms with Crippen molar-refractivity contribution in [1.82, 2.24) is 0 Å². The maximum absolute atomic E-state index is 6.23. The molecule has 0 radical (unpaired) electrons. The Hall–Kier alpha value is 0.430. The van der Waals surface area contributed by atoms with Crippen LogP contribution in [-0.4, -0.2) is 16.1 Å². The Morgan fingerprint density at radius 2 is 2.21 bits per heavy atom. The number of hydrogen-bond acceptors (Lipinski definition) is 3. The Morgan fingerprint density at radius 1 is 1.43 bits per heavy atom. The Balaban J connectivity index is 2.02. The molecule has 1 fully saturated rings. The van der Waals surface area contributed by atoms with E-state index in [2.05, 4.69) is 17.5 Å². The van der Waals surface area contributed by atoms with Crippen molar-refractivity contribution in [2.45, 2.75) is 11.0 Å². The number of thioether (sulfide) groups is 2. The normalized spacial score (nSPS) is 19.9. The highest BCUT2D eigenvalue weighted by Crippen LogP contribution is 2.35. The summed E-state index contributed by atoms with van der Waals surface area (Å²) in [7, 11) is 0. The van der Waals surface area contributed by atoms with Crippen LogP contribution >= 0.6 is 46.5 Å². The van der Waals surface area contributed by atoms with Crippen molar-refractivity contribution in [1.29, 1.82) is 0 Å². The Kier molecular flexibility index (Phi) is 4.29. The quantitative estimate of drug-likeness (QED) is 0.768. The standard InChI is InChI=1S/C10H11ClS3/c11-8(9-3-1-4-12-9)7-10-13-5-2-6-14-10/h1,3-4,7,10H,2,5-6H2. The summed E-state index contributed by atoms with van der Waals surface area (Å²) in [5.41, 5.74) is 0. The van der Waals surface area contributed by atoms with E-state index in [-0.39, 0.29) is 0 Å². The highest BCUT2D eigenvalue weighted by atomic mass is 35.5. The molecule has 0 amide bonds. The molecule has 14 heavy (non-hydrogen) atoms. The topological polar surface area (TPSA) is 0 Å². The molecule has 1 aromatic heterocycles. The molecule has 0 aliphatic carbocycles. The maximum Gasteiger partial charge on any atom is 0.0699 e. The zero-order valence-electron chi connectivity index (χ0n) is 7.61. The van der Waals surface area contributed by atoms with Crippen molar-refractivity contribution in [2.75, 3.05) is 11.5 Å². The summed E-state index contributed by atoms with van der Waals surface area (Å²) in [6, 6.07) is 4.11. The Morgan fingerprint density at radius 3 is 2.86 bits per heavy atom. The maximum atomic E-state index is 6.23. The van der Waals surface area contributed by atoms with Crippen LogP contribution in [0.3, 0.4) is 0 Å². The van der Waals surface area contributed by atoms with Crippen LogP contribution in [0.25, 0.3) is 5.03 Å².